The van der Waals surface area contributed by atoms with Gasteiger partial charge in [-0.05, 0) is 105 Å². The normalized spacial score (nSPS) is 24.3. The molecule has 0 spiro atoms. The molecular formula is C30H34N2O. The third-order valence-electron chi connectivity index (χ3n) is 8.07. The zero-order chi connectivity index (χ0) is 22.8. The van der Waals surface area contributed by atoms with Gasteiger partial charge in [0.25, 0.3) is 5.91 Å². The van der Waals surface area contributed by atoms with Crippen LogP contribution in [0.15, 0.2) is 66.9 Å². The molecular weight excluding hydrogens is 404 g/mol. The smallest absolute Gasteiger partial charge is 0.255 e. The van der Waals surface area contributed by atoms with Gasteiger partial charge in [0, 0.05) is 17.2 Å². The van der Waals surface area contributed by atoms with Crippen LogP contribution in [-0.4, -0.2) is 10.9 Å². The lowest BCUT2D eigenvalue weighted by Crippen LogP contribution is -2.42. The van der Waals surface area contributed by atoms with Crippen LogP contribution >= 0.6 is 0 Å². The molecule has 2 aliphatic carbocycles. The SMILES string of the molecule is Cc1ncccc1NC(=O)c1ccc2c(c1)CCCC1CC(C)CC[C@@]21Cc1ccccc1. The van der Waals surface area contributed by atoms with Crippen molar-refractivity contribution in [2.24, 2.45) is 11.8 Å². The average molecular weight is 439 g/mol. The standard InChI is InChI=1S/C30H34N2O/c1-21-15-16-30(20-23-8-4-3-5-9-23)26(18-21)11-6-10-24-19-25(13-14-27(24)30)29(33)32-28-12-7-17-31-22(28)2/h3-5,7-9,12-14,17,19,21,26H,6,10-11,15-16,18,20H2,1-2H3,(H,32,33)/t21?,26?,30-/m0/s1. The van der Waals surface area contributed by atoms with Crippen LogP contribution in [0.3, 0.4) is 0 Å². The summed E-state index contributed by atoms with van der Waals surface area (Å²) in [6, 6.07) is 21.3. The molecule has 0 aliphatic heterocycles. The third kappa shape index (κ3) is 4.34. The molecule has 2 aliphatic rings. The Morgan fingerprint density at radius 2 is 1.94 bits per heavy atom. The van der Waals surface area contributed by atoms with Gasteiger partial charge in [-0.3, -0.25) is 9.78 Å². The van der Waals surface area contributed by atoms with Crippen LogP contribution in [0, 0.1) is 18.8 Å². The molecule has 1 N–H and O–H groups in total. The number of nitrogens with zero attached hydrogens (tertiary/aromatic N) is 1. The Morgan fingerprint density at radius 3 is 2.76 bits per heavy atom. The maximum absolute atomic E-state index is 13.1. The largest absolute Gasteiger partial charge is 0.320 e. The van der Waals surface area contributed by atoms with Crippen LogP contribution in [0.2, 0.25) is 0 Å². The van der Waals surface area contributed by atoms with Crippen molar-refractivity contribution < 1.29 is 4.79 Å². The van der Waals surface area contributed by atoms with Crippen molar-refractivity contribution in [3.63, 3.8) is 0 Å². The van der Waals surface area contributed by atoms with Gasteiger partial charge in [0.05, 0.1) is 11.4 Å². The molecule has 1 amide bonds. The minimum Gasteiger partial charge on any atom is -0.320 e. The highest BCUT2D eigenvalue weighted by Crippen LogP contribution is 2.52. The van der Waals surface area contributed by atoms with Crippen molar-refractivity contribution in [1.82, 2.24) is 4.98 Å². The summed E-state index contributed by atoms with van der Waals surface area (Å²) in [5.74, 6) is 1.46. The van der Waals surface area contributed by atoms with Crippen molar-refractivity contribution in [2.75, 3.05) is 5.32 Å². The Morgan fingerprint density at radius 1 is 1.09 bits per heavy atom. The van der Waals surface area contributed by atoms with E-state index in [1.807, 2.05) is 25.1 Å². The fourth-order valence-electron chi connectivity index (χ4n) is 6.35. The monoisotopic (exact) mass is 438 g/mol. The van der Waals surface area contributed by atoms with Crippen LogP contribution in [0.1, 0.15) is 71.8 Å². The summed E-state index contributed by atoms with van der Waals surface area (Å²) >= 11 is 0. The fraction of sp³-hybridized carbons (Fsp3) is 0.400. The molecule has 33 heavy (non-hydrogen) atoms. The van der Waals surface area contributed by atoms with Gasteiger partial charge in [0.1, 0.15) is 0 Å². The first-order chi connectivity index (χ1) is 16.0. The van der Waals surface area contributed by atoms with Crippen LogP contribution in [-0.2, 0) is 18.3 Å². The Kier molecular flexibility index (Phi) is 6.05. The average Bonchev–Trinajstić information content (AvgIpc) is 2.97. The Hall–Kier alpha value is -2.94. The molecule has 1 aromatic heterocycles. The van der Waals surface area contributed by atoms with E-state index in [1.165, 1.54) is 48.8 Å². The number of aromatic nitrogens is 1. The number of benzene rings is 2. The molecule has 1 fully saturated rings. The van der Waals surface area contributed by atoms with E-state index < -0.39 is 0 Å². The second-order valence-corrected chi connectivity index (χ2v) is 10.2. The van der Waals surface area contributed by atoms with Crippen LogP contribution in [0.5, 0.6) is 0 Å². The molecule has 2 aromatic carbocycles. The van der Waals surface area contributed by atoms with E-state index in [9.17, 15) is 4.79 Å². The number of amides is 1. The number of aryl methyl sites for hydroxylation is 2. The zero-order valence-electron chi connectivity index (χ0n) is 19.8. The van der Waals surface area contributed by atoms with Gasteiger partial charge in [0.15, 0.2) is 0 Å². The summed E-state index contributed by atoms with van der Waals surface area (Å²) < 4.78 is 0. The first-order valence-electron chi connectivity index (χ1n) is 12.5. The number of carbonyl (C=O) groups excluding carboxylic acids is 1. The number of fused-ring (bicyclic) bond motifs is 3. The van der Waals surface area contributed by atoms with Gasteiger partial charge in [-0.25, -0.2) is 0 Å². The Bertz CT molecular complexity index is 1140. The Balaban J connectivity index is 1.51. The van der Waals surface area contributed by atoms with Crippen LogP contribution < -0.4 is 5.32 Å². The second kappa shape index (κ2) is 9.13. The van der Waals surface area contributed by atoms with E-state index in [0.717, 1.165) is 35.7 Å². The predicted octanol–water partition coefficient (Wildman–Crippen LogP) is 6.90. The minimum absolute atomic E-state index is 0.0518. The van der Waals surface area contributed by atoms with Crippen molar-refractivity contribution in [3.05, 3.63) is 94.8 Å². The molecule has 0 saturated heterocycles. The highest BCUT2D eigenvalue weighted by molar-refractivity contribution is 6.04. The fourth-order valence-corrected chi connectivity index (χ4v) is 6.35. The first-order valence-corrected chi connectivity index (χ1v) is 12.5. The van der Waals surface area contributed by atoms with Gasteiger partial charge in [-0.15, -0.1) is 0 Å². The van der Waals surface area contributed by atoms with E-state index in [-0.39, 0.29) is 11.3 Å². The highest BCUT2D eigenvalue weighted by Gasteiger charge is 2.45. The maximum atomic E-state index is 13.1. The van der Waals surface area contributed by atoms with Gasteiger partial charge >= 0.3 is 0 Å². The van der Waals surface area contributed by atoms with E-state index in [4.69, 9.17) is 0 Å². The molecule has 3 nitrogen and oxygen atoms in total. The Labute approximate surface area is 197 Å². The molecule has 1 saturated carbocycles. The predicted molar refractivity (Wildman–Crippen MR) is 135 cm³/mol. The summed E-state index contributed by atoms with van der Waals surface area (Å²) in [4.78, 5) is 17.4. The number of rotatable bonds is 4. The van der Waals surface area contributed by atoms with Gasteiger partial charge in [-0.1, -0.05) is 43.3 Å². The molecule has 5 rings (SSSR count). The quantitative estimate of drug-likeness (QED) is 0.482. The minimum atomic E-state index is -0.0518. The molecule has 0 bridgehead atoms. The van der Waals surface area contributed by atoms with Crippen LogP contribution in [0.4, 0.5) is 5.69 Å². The summed E-state index contributed by atoms with van der Waals surface area (Å²) in [5, 5.41) is 3.06. The lowest BCUT2D eigenvalue weighted by atomic mass is 9.57. The number of hydrogen-bond donors (Lipinski definition) is 1. The van der Waals surface area contributed by atoms with Crippen molar-refractivity contribution in [3.8, 4) is 0 Å². The van der Waals surface area contributed by atoms with Crippen LogP contribution in [0.25, 0.3) is 0 Å². The summed E-state index contributed by atoms with van der Waals surface area (Å²) in [6.45, 7) is 4.34. The molecule has 170 valence electrons. The summed E-state index contributed by atoms with van der Waals surface area (Å²) in [6.07, 6.45) is 10.2. The molecule has 1 heterocycles. The molecule has 3 heteroatoms. The molecule has 3 aromatic rings. The van der Waals surface area contributed by atoms with Gasteiger partial charge < -0.3 is 5.32 Å². The van der Waals surface area contributed by atoms with Crippen molar-refractivity contribution in [2.45, 2.75) is 64.2 Å². The maximum Gasteiger partial charge on any atom is 0.255 e. The molecule has 0 radical (unpaired) electrons. The second-order valence-electron chi connectivity index (χ2n) is 10.2. The van der Waals surface area contributed by atoms with E-state index in [2.05, 4.69) is 59.7 Å². The lowest BCUT2D eigenvalue weighted by molar-refractivity contribution is 0.102. The molecule has 3 atom stereocenters. The molecule has 2 unspecified atom stereocenters. The van der Waals surface area contributed by atoms with Gasteiger partial charge in [-0.2, -0.15) is 0 Å². The van der Waals surface area contributed by atoms with E-state index >= 15 is 0 Å². The van der Waals surface area contributed by atoms with Gasteiger partial charge in [0.2, 0.25) is 0 Å². The topological polar surface area (TPSA) is 42.0 Å². The third-order valence-corrected chi connectivity index (χ3v) is 8.07. The van der Waals surface area contributed by atoms with Crippen molar-refractivity contribution in [1.29, 1.82) is 0 Å². The lowest BCUT2D eigenvalue weighted by Gasteiger charge is -2.47. The number of pyridine rings is 1. The number of anilines is 1. The van der Waals surface area contributed by atoms with E-state index in [1.54, 1.807) is 6.20 Å². The summed E-state index contributed by atoms with van der Waals surface area (Å²) in [5.41, 5.74) is 6.83. The summed E-state index contributed by atoms with van der Waals surface area (Å²) in [7, 11) is 0. The zero-order valence-corrected chi connectivity index (χ0v) is 19.8. The van der Waals surface area contributed by atoms with Crippen molar-refractivity contribution >= 4 is 11.6 Å². The number of carbonyl (C=O) groups is 1. The number of nitrogens with one attached hydrogen (secondary N) is 1. The van der Waals surface area contributed by atoms with E-state index in [0.29, 0.717) is 5.92 Å². The first kappa shape index (κ1) is 21.9. The highest BCUT2D eigenvalue weighted by atomic mass is 16.1. The number of hydrogen-bond acceptors (Lipinski definition) is 2.